The molecule has 3 aromatic rings. The first kappa shape index (κ1) is 24.4. The second-order valence-electron chi connectivity index (χ2n) is 10.8. The van der Waals surface area contributed by atoms with Gasteiger partial charge in [0, 0.05) is 49.3 Å². The van der Waals surface area contributed by atoms with Crippen molar-refractivity contribution in [3.63, 3.8) is 0 Å². The zero-order valence-electron chi connectivity index (χ0n) is 21.7. The number of rotatable bonds is 6. The Morgan fingerprint density at radius 3 is 2.81 bits per heavy atom. The van der Waals surface area contributed by atoms with Gasteiger partial charge < -0.3 is 20.3 Å². The molecule has 2 aromatic heterocycles. The van der Waals surface area contributed by atoms with Gasteiger partial charge in [-0.2, -0.15) is 5.10 Å². The van der Waals surface area contributed by atoms with Gasteiger partial charge in [0.1, 0.15) is 16.8 Å². The number of hydrogen-bond acceptors (Lipinski definition) is 6. The predicted octanol–water partition coefficient (Wildman–Crippen LogP) is 3.58. The fourth-order valence-electron chi connectivity index (χ4n) is 6.24. The molecule has 1 aliphatic carbocycles. The molecule has 1 aromatic carbocycles. The van der Waals surface area contributed by atoms with E-state index < -0.39 is 11.0 Å². The summed E-state index contributed by atoms with van der Waals surface area (Å²) >= 11 is 0. The zero-order valence-corrected chi connectivity index (χ0v) is 22.5. The van der Waals surface area contributed by atoms with Crippen molar-refractivity contribution >= 4 is 34.0 Å². The smallest absolute Gasteiger partial charge is 0.256 e. The minimum absolute atomic E-state index is 0.0604. The number of benzene rings is 1. The number of nitrogens with zero attached hydrogens (tertiary/aromatic N) is 4. The number of piperidine rings is 2. The van der Waals surface area contributed by atoms with Crippen LogP contribution in [0.15, 0.2) is 30.5 Å². The first-order chi connectivity index (χ1) is 17.9. The maximum atomic E-state index is 13.8. The Kier molecular flexibility index (Phi) is 6.40. The highest BCUT2D eigenvalue weighted by Crippen LogP contribution is 2.35. The third kappa shape index (κ3) is 4.72. The standard InChI is InChI=1S/C27H35N7O2S/c1-16-7-8-21(32-37(3)36)20(10-16)27(35)33-9-5-4-6-24(33)23-13-25-30-26(17(2)15-34(25)31-23)29-22-12-19-11-18(22)14-28-19/h7-8,10,13,15,18-19,22,24,28,32H,4-6,9,11-12,14H2,1-3H3,(H,29,30). The number of amides is 1. The molecule has 5 atom stereocenters. The summed E-state index contributed by atoms with van der Waals surface area (Å²) in [6.07, 6.45) is 8.84. The molecule has 9 nitrogen and oxygen atoms in total. The van der Waals surface area contributed by atoms with Crippen molar-refractivity contribution < 1.29 is 9.00 Å². The number of hydrogen-bond donors (Lipinski definition) is 3. The largest absolute Gasteiger partial charge is 0.367 e. The Morgan fingerprint density at radius 2 is 2.05 bits per heavy atom. The Bertz CT molecular complexity index is 1370. The Balaban J connectivity index is 1.29. The second-order valence-corrected chi connectivity index (χ2v) is 12.0. The summed E-state index contributed by atoms with van der Waals surface area (Å²) in [5.74, 6) is 1.53. The van der Waals surface area contributed by atoms with E-state index in [-0.39, 0.29) is 11.9 Å². The van der Waals surface area contributed by atoms with Gasteiger partial charge in [0.25, 0.3) is 5.91 Å². The van der Waals surface area contributed by atoms with Gasteiger partial charge in [0.15, 0.2) is 5.65 Å². The first-order valence-electron chi connectivity index (χ1n) is 13.2. The molecule has 1 amide bonds. The van der Waals surface area contributed by atoms with E-state index in [1.165, 1.54) is 6.42 Å². The van der Waals surface area contributed by atoms with Gasteiger partial charge >= 0.3 is 0 Å². The molecule has 3 N–H and O–H groups in total. The molecule has 3 aliphatic rings. The zero-order chi connectivity index (χ0) is 25.7. The minimum atomic E-state index is -1.27. The molecular weight excluding hydrogens is 486 g/mol. The summed E-state index contributed by atoms with van der Waals surface area (Å²) in [7, 11) is -1.27. The highest BCUT2D eigenvalue weighted by molar-refractivity contribution is 7.85. The lowest BCUT2D eigenvalue weighted by molar-refractivity contribution is 0.0606. The minimum Gasteiger partial charge on any atom is -0.367 e. The van der Waals surface area contributed by atoms with Crippen molar-refractivity contribution in [2.75, 3.05) is 29.4 Å². The van der Waals surface area contributed by atoms with Crippen molar-refractivity contribution in [1.82, 2.24) is 24.8 Å². The lowest BCUT2D eigenvalue weighted by atomic mass is 9.97. The molecule has 2 saturated heterocycles. The summed E-state index contributed by atoms with van der Waals surface area (Å²) < 4.78 is 16.7. The molecule has 5 unspecified atom stereocenters. The van der Waals surface area contributed by atoms with E-state index in [1.807, 2.05) is 46.8 Å². The lowest BCUT2D eigenvalue weighted by Crippen LogP contribution is -2.39. The van der Waals surface area contributed by atoms with Crippen LogP contribution in [0.1, 0.15) is 65.3 Å². The number of carbonyl (C=O) groups excluding carboxylic acids is 1. The number of fused-ring (bicyclic) bond motifs is 3. The van der Waals surface area contributed by atoms with Crippen LogP contribution in [-0.2, 0) is 11.0 Å². The molecule has 37 heavy (non-hydrogen) atoms. The van der Waals surface area contributed by atoms with Crippen LogP contribution in [0.5, 0.6) is 0 Å². The van der Waals surface area contributed by atoms with Crippen LogP contribution in [-0.4, -0.2) is 61.0 Å². The maximum absolute atomic E-state index is 13.8. The van der Waals surface area contributed by atoms with E-state index in [2.05, 4.69) is 22.3 Å². The number of aromatic nitrogens is 3. The van der Waals surface area contributed by atoms with Crippen molar-refractivity contribution in [2.45, 2.75) is 64.1 Å². The molecule has 196 valence electrons. The molecule has 3 fully saturated rings. The molecule has 4 heterocycles. The van der Waals surface area contributed by atoms with Crippen LogP contribution in [0.2, 0.25) is 0 Å². The first-order valence-corrected chi connectivity index (χ1v) is 14.8. The Hall–Kier alpha value is -2.98. The highest BCUT2D eigenvalue weighted by atomic mass is 32.2. The molecule has 0 radical (unpaired) electrons. The average Bonchev–Trinajstić information content (AvgIpc) is 3.60. The quantitative estimate of drug-likeness (QED) is 0.458. The van der Waals surface area contributed by atoms with Gasteiger partial charge in [0.2, 0.25) is 0 Å². The molecule has 0 spiro atoms. The molecule has 2 aliphatic heterocycles. The van der Waals surface area contributed by atoms with Gasteiger partial charge in [-0.05, 0) is 64.0 Å². The fraction of sp³-hybridized carbons (Fsp3) is 0.519. The summed E-state index contributed by atoms with van der Waals surface area (Å²) in [4.78, 5) is 20.7. The van der Waals surface area contributed by atoms with Crippen molar-refractivity contribution in [2.24, 2.45) is 5.92 Å². The van der Waals surface area contributed by atoms with Gasteiger partial charge in [-0.3, -0.25) is 4.79 Å². The Labute approximate surface area is 220 Å². The number of nitrogens with one attached hydrogen (secondary N) is 3. The van der Waals surface area contributed by atoms with Crippen LogP contribution in [0.4, 0.5) is 11.5 Å². The van der Waals surface area contributed by atoms with Crippen LogP contribution >= 0.6 is 0 Å². The predicted molar refractivity (Wildman–Crippen MR) is 146 cm³/mol. The van der Waals surface area contributed by atoms with E-state index in [0.29, 0.717) is 35.8 Å². The van der Waals surface area contributed by atoms with Crippen molar-refractivity contribution in [3.05, 3.63) is 52.8 Å². The van der Waals surface area contributed by atoms with Gasteiger partial charge in [-0.15, -0.1) is 0 Å². The van der Waals surface area contributed by atoms with E-state index in [1.54, 1.807) is 6.26 Å². The van der Waals surface area contributed by atoms with Gasteiger partial charge in [-0.25, -0.2) is 13.7 Å². The fourth-order valence-corrected chi connectivity index (χ4v) is 6.73. The topological polar surface area (TPSA) is 104 Å². The number of anilines is 2. The number of aryl methyl sites for hydroxylation is 2. The van der Waals surface area contributed by atoms with Gasteiger partial charge in [-0.1, -0.05) is 11.6 Å². The summed E-state index contributed by atoms with van der Waals surface area (Å²) in [5.41, 5.74) is 4.86. The molecule has 10 heteroatoms. The highest BCUT2D eigenvalue weighted by Gasteiger charge is 2.39. The second kappa shape index (κ2) is 9.72. The van der Waals surface area contributed by atoms with Crippen LogP contribution in [0.3, 0.4) is 0 Å². The Morgan fingerprint density at radius 1 is 1.19 bits per heavy atom. The van der Waals surface area contributed by atoms with Crippen molar-refractivity contribution in [3.8, 4) is 0 Å². The van der Waals surface area contributed by atoms with Crippen molar-refractivity contribution in [1.29, 1.82) is 0 Å². The SMILES string of the molecule is Cc1ccc(NS(C)=O)c(C(=O)N2CCCCC2c2cc3nc(NC4CC5CC4CN5)c(C)cn3n2)c1. The number of likely N-dealkylation sites (tertiary alicyclic amines) is 1. The summed E-state index contributed by atoms with van der Waals surface area (Å²) in [5, 5.41) is 12.2. The molecule has 2 bridgehead atoms. The normalized spacial score (nSPS) is 26.0. The molecule has 1 saturated carbocycles. The summed E-state index contributed by atoms with van der Waals surface area (Å²) in [6, 6.07) is 8.63. The van der Waals surface area contributed by atoms with E-state index in [0.717, 1.165) is 60.5 Å². The maximum Gasteiger partial charge on any atom is 0.256 e. The molecule has 6 rings (SSSR count). The third-order valence-electron chi connectivity index (χ3n) is 8.10. The monoisotopic (exact) mass is 521 g/mol. The number of carbonyl (C=O) groups is 1. The summed E-state index contributed by atoms with van der Waals surface area (Å²) in [6.45, 7) is 5.78. The van der Waals surface area contributed by atoms with Crippen LogP contribution < -0.4 is 15.4 Å². The van der Waals surface area contributed by atoms with Crippen LogP contribution in [0, 0.1) is 19.8 Å². The lowest BCUT2D eigenvalue weighted by Gasteiger charge is -2.35. The van der Waals surface area contributed by atoms with Crippen LogP contribution in [0.25, 0.3) is 5.65 Å². The van der Waals surface area contributed by atoms with E-state index in [9.17, 15) is 9.00 Å². The molecular formula is C27H35N7O2S. The third-order valence-corrected chi connectivity index (χ3v) is 8.61. The van der Waals surface area contributed by atoms with E-state index >= 15 is 0 Å². The van der Waals surface area contributed by atoms with Gasteiger partial charge in [0.05, 0.1) is 23.0 Å². The van der Waals surface area contributed by atoms with E-state index in [4.69, 9.17) is 10.1 Å². The average molecular weight is 522 g/mol.